The monoisotopic (exact) mass is 488 g/mol. The molecule has 9 heteroatoms. The van der Waals surface area contributed by atoms with E-state index in [-0.39, 0.29) is 24.0 Å². The summed E-state index contributed by atoms with van der Waals surface area (Å²) in [7, 11) is -3.26. The molecule has 0 saturated carbocycles. The number of guanidine groups is 1. The van der Waals surface area contributed by atoms with Crippen LogP contribution < -0.4 is 15.4 Å². The number of nitrogens with zero attached hydrogens (tertiary/aromatic N) is 1. The van der Waals surface area contributed by atoms with Gasteiger partial charge in [0.1, 0.15) is 0 Å². The molecule has 0 saturated heterocycles. The van der Waals surface area contributed by atoms with Crippen molar-refractivity contribution in [1.82, 2.24) is 15.4 Å². The minimum absolute atomic E-state index is 0. The number of rotatable bonds is 8. The van der Waals surface area contributed by atoms with Crippen LogP contribution in [0.15, 0.2) is 21.8 Å². The van der Waals surface area contributed by atoms with E-state index in [2.05, 4.69) is 44.1 Å². The molecule has 0 aromatic carbocycles. The van der Waals surface area contributed by atoms with Crippen molar-refractivity contribution in [3.63, 3.8) is 0 Å². The molecule has 0 aliphatic heterocycles. The van der Waals surface area contributed by atoms with E-state index in [1.54, 1.807) is 11.3 Å². The number of hydrogen-bond donors (Lipinski definition) is 3. The molecule has 1 rings (SSSR count). The summed E-state index contributed by atoms with van der Waals surface area (Å²) in [5, 5.41) is 10.7. The zero-order valence-electron chi connectivity index (χ0n) is 14.9. The first-order valence-electron chi connectivity index (χ1n) is 7.66. The van der Waals surface area contributed by atoms with Gasteiger partial charge in [-0.05, 0) is 49.1 Å². The first-order chi connectivity index (χ1) is 10.6. The van der Waals surface area contributed by atoms with E-state index in [0.717, 1.165) is 19.3 Å². The fourth-order valence-corrected chi connectivity index (χ4v) is 3.93. The van der Waals surface area contributed by atoms with Crippen LogP contribution in [0.25, 0.3) is 0 Å². The molecule has 0 spiro atoms. The molecule has 1 aromatic rings. The number of sulfonamides is 1. The smallest absolute Gasteiger partial charge is 0.209 e. The Bertz CT molecular complexity index is 601. The van der Waals surface area contributed by atoms with Crippen LogP contribution in [0.3, 0.4) is 0 Å². The third-order valence-electron chi connectivity index (χ3n) is 3.13. The second kappa shape index (κ2) is 10.6. The zero-order chi connectivity index (χ0) is 17.5. The quantitative estimate of drug-likeness (QED) is 0.298. The van der Waals surface area contributed by atoms with E-state index in [1.165, 1.54) is 5.56 Å². The van der Waals surface area contributed by atoms with Gasteiger partial charge in [-0.2, -0.15) is 11.3 Å². The van der Waals surface area contributed by atoms with Gasteiger partial charge in [0.25, 0.3) is 0 Å². The number of halogens is 1. The van der Waals surface area contributed by atoms with Gasteiger partial charge in [-0.15, -0.1) is 24.0 Å². The van der Waals surface area contributed by atoms with E-state index in [1.807, 2.05) is 20.8 Å². The standard InChI is InChI=1S/C15H28N4O2S2.HI/c1-6-16-14(17-9-12(2)13-7-8-22-10-13)18-11-15(3,4)19-23(5,20)21;/h7-8,10,12,19H,6,9,11H2,1-5H3,(H2,16,17,18);1H. The Morgan fingerprint density at radius 2 is 2.04 bits per heavy atom. The molecule has 1 unspecified atom stereocenters. The van der Waals surface area contributed by atoms with Crippen LogP contribution in [0.5, 0.6) is 0 Å². The molecule has 24 heavy (non-hydrogen) atoms. The summed E-state index contributed by atoms with van der Waals surface area (Å²) in [6.07, 6.45) is 1.16. The molecule has 0 bridgehead atoms. The number of thiophene rings is 1. The van der Waals surface area contributed by atoms with Crippen molar-refractivity contribution in [3.8, 4) is 0 Å². The first-order valence-corrected chi connectivity index (χ1v) is 10.5. The van der Waals surface area contributed by atoms with E-state index in [9.17, 15) is 8.42 Å². The summed E-state index contributed by atoms with van der Waals surface area (Å²) >= 11 is 1.69. The SMILES string of the molecule is CCNC(=NCC(C)(C)NS(C)(=O)=O)NCC(C)c1ccsc1.I. The average Bonchev–Trinajstić information content (AvgIpc) is 2.93. The molecule has 0 aliphatic carbocycles. The molecule has 6 nitrogen and oxygen atoms in total. The summed E-state index contributed by atoms with van der Waals surface area (Å²) in [6.45, 7) is 9.65. The number of hydrogen-bond acceptors (Lipinski definition) is 4. The van der Waals surface area contributed by atoms with Gasteiger partial charge in [0.05, 0.1) is 12.8 Å². The molecular weight excluding hydrogens is 459 g/mol. The molecule has 0 aliphatic rings. The van der Waals surface area contributed by atoms with E-state index in [4.69, 9.17) is 0 Å². The van der Waals surface area contributed by atoms with Crippen LogP contribution in [0.1, 0.15) is 39.2 Å². The third kappa shape index (κ3) is 9.80. The Morgan fingerprint density at radius 1 is 1.38 bits per heavy atom. The zero-order valence-corrected chi connectivity index (χ0v) is 18.9. The highest BCUT2D eigenvalue weighted by Gasteiger charge is 2.21. The lowest BCUT2D eigenvalue weighted by Crippen LogP contribution is -2.47. The van der Waals surface area contributed by atoms with Gasteiger partial charge in [-0.25, -0.2) is 13.1 Å². The molecule has 1 atom stereocenters. The summed E-state index contributed by atoms with van der Waals surface area (Å²) in [6, 6.07) is 2.13. The Labute approximate surface area is 167 Å². The van der Waals surface area contributed by atoms with Crippen LogP contribution >= 0.6 is 35.3 Å². The lowest BCUT2D eigenvalue weighted by Gasteiger charge is -2.23. The largest absolute Gasteiger partial charge is 0.357 e. The van der Waals surface area contributed by atoms with Crippen molar-refractivity contribution in [3.05, 3.63) is 22.4 Å². The summed E-state index contributed by atoms with van der Waals surface area (Å²) in [5.74, 6) is 1.07. The van der Waals surface area contributed by atoms with Crippen LogP contribution in [0.4, 0.5) is 0 Å². The van der Waals surface area contributed by atoms with Crippen molar-refractivity contribution < 1.29 is 8.42 Å². The number of aliphatic imine (C=N–C) groups is 1. The summed E-state index contributed by atoms with van der Waals surface area (Å²) in [5.41, 5.74) is 0.673. The van der Waals surface area contributed by atoms with Gasteiger partial charge in [-0.3, -0.25) is 4.99 Å². The van der Waals surface area contributed by atoms with Crippen LogP contribution in [0, 0.1) is 0 Å². The fraction of sp³-hybridized carbons (Fsp3) is 0.667. The first kappa shape index (κ1) is 23.6. The predicted molar refractivity (Wildman–Crippen MR) is 114 cm³/mol. The van der Waals surface area contributed by atoms with E-state index >= 15 is 0 Å². The minimum Gasteiger partial charge on any atom is -0.357 e. The topological polar surface area (TPSA) is 82.6 Å². The van der Waals surface area contributed by atoms with Gasteiger partial charge < -0.3 is 10.6 Å². The highest BCUT2D eigenvalue weighted by Crippen LogP contribution is 2.17. The van der Waals surface area contributed by atoms with E-state index in [0.29, 0.717) is 18.4 Å². The maximum Gasteiger partial charge on any atom is 0.209 e. The molecule has 1 heterocycles. The molecule has 1 aromatic heterocycles. The van der Waals surface area contributed by atoms with Crippen LogP contribution in [0.2, 0.25) is 0 Å². The molecule has 140 valence electrons. The van der Waals surface area contributed by atoms with Crippen molar-refractivity contribution in [2.45, 2.75) is 39.2 Å². The highest BCUT2D eigenvalue weighted by atomic mass is 127. The predicted octanol–water partition coefficient (Wildman–Crippen LogP) is 2.35. The van der Waals surface area contributed by atoms with E-state index < -0.39 is 15.6 Å². The average molecular weight is 488 g/mol. The van der Waals surface area contributed by atoms with Crippen molar-refractivity contribution in [2.75, 3.05) is 25.9 Å². The molecule has 0 fully saturated rings. The summed E-state index contributed by atoms with van der Waals surface area (Å²) < 4.78 is 25.3. The Kier molecular flexibility index (Phi) is 10.4. The molecule has 0 amide bonds. The minimum atomic E-state index is -3.26. The third-order valence-corrected chi connectivity index (χ3v) is 4.75. The van der Waals surface area contributed by atoms with Gasteiger partial charge >= 0.3 is 0 Å². The van der Waals surface area contributed by atoms with Gasteiger partial charge in [0.2, 0.25) is 10.0 Å². The van der Waals surface area contributed by atoms with Gasteiger partial charge in [0, 0.05) is 18.6 Å². The second-order valence-electron chi connectivity index (χ2n) is 6.29. The maximum atomic E-state index is 11.4. The summed E-state index contributed by atoms with van der Waals surface area (Å²) in [4.78, 5) is 4.49. The lowest BCUT2D eigenvalue weighted by molar-refractivity contribution is 0.464. The van der Waals surface area contributed by atoms with Crippen molar-refractivity contribution >= 4 is 51.3 Å². The Morgan fingerprint density at radius 3 is 2.54 bits per heavy atom. The van der Waals surface area contributed by atoms with Crippen LogP contribution in [-0.4, -0.2) is 45.8 Å². The lowest BCUT2D eigenvalue weighted by atomic mass is 10.1. The maximum absolute atomic E-state index is 11.4. The fourth-order valence-electron chi connectivity index (χ4n) is 2.08. The second-order valence-corrected chi connectivity index (χ2v) is 8.82. The van der Waals surface area contributed by atoms with Crippen molar-refractivity contribution in [1.29, 1.82) is 0 Å². The highest BCUT2D eigenvalue weighted by molar-refractivity contribution is 14.0. The molecule has 0 radical (unpaired) electrons. The normalized spacial score (nSPS) is 14.0. The Balaban J connectivity index is 0.00000529. The van der Waals surface area contributed by atoms with Gasteiger partial charge in [-0.1, -0.05) is 6.92 Å². The van der Waals surface area contributed by atoms with Gasteiger partial charge in [0.15, 0.2) is 5.96 Å². The van der Waals surface area contributed by atoms with Crippen LogP contribution in [-0.2, 0) is 10.0 Å². The molecular formula is C15H29IN4O2S2. The van der Waals surface area contributed by atoms with Crippen molar-refractivity contribution in [2.24, 2.45) is 4.99 Å². The Hall–Kier alpha value is -0.390. The number of nitrogens with one attached hydrogen (secondary N) is 3. The molecule has 3 N–H and O–H groups in total.